The topological polar surface area (TPSA) is 50.3 Å². The molecule has 1 aromatic rings. The highest BCUT2D eigenvalue weighted by atomic mass is 16.2. The monoisotopic (exact) mass is 232 g/mol. The van der Waals surface area contributed by atoms with Crippen LogP contribution in [0.4, 0.5) is 0 Å². The fourth-order valence-corrected chi connectivity index (χ4v) is 2.03. The average Bonchev–Trinajstić information content (AvgIpc) is 2.40. The van der Waals surface area contributed by atoms with E-state index in [9.17, 15) is 9.59 Å². The first-order chi connectivity index (χ1) is 8.27. The van der Waals surface area contributed by atoms with Gasteiger partial charge in [0, 0.05) is 31.0 Å². The molecule has 0 N–H and O–H groups in total. The Kier molecular flexibility index (Phi) is 3.85. The molecule has 1 aromatic heterocycles. The van der Waals surface area contributed by atoms with Crippen molar-refractivity contribution in [3.63, 3.8) is 0 Å². The van der Waals surface area contributed by atoms with Gasteiger partial charge in [0.2, 0.25) is 5.91 Å². The molecule has 0 aliphatic carbocycles. The highest BCUT2D eigenvalue weighted by Gasteiger charge is 2.19. The van der Waals surface area contributed by atoms with Gasteiger partial charge in [-0.05, 0) is 31.4 Å². The van der Waals surface area contributed by atoms with Gasteiger partial charge in [-0.15, -0.1) is 0 Å². The summed E-state index contributed by atoms with van der Waals surface area (Å²) >= 11 is 0. The summed E-state index contributed by atoms with van der Waals surface area (Å²) in [5.74, 6) is -0.172. The van der Waals surface area contributed by atoms with E-state index in [1.807, 2.05) is 0 Å². The number of amides is 1. The Balaban J connectivity index is 1.92. The third-order valence-electron chi connectivity index (χ3n) is 3.02. The Morgan fingerprint density at radius 1 is 1.12 bits per heavy atom. The van der Waals surface area contributed by atoms with Crippen LogP contribution in [-0.2, 0) is 4.79 Å². The van der Waals surface area contributed by atoms with E-state index < -0.39 is 0 Å². The summed E-state index contributed by atoms with van der Waals surface area (Å²) in [6, 6.07) is 3.29. The third-order valence-corrected chi connectivity index (χ3v) is 3.02. The minimum atomic E-state index is -0.122. The van der Waals surface area contributed by atoms with Crippen LogP contribution < -0.4 is 0 Å². The molecule has 1 saturated heterocycles. The van der Waals surface area contributed by atoms with Crippen LogP contribution >= 0.6 is 0 Å². The van der Waals surface area contributed by atoms with Crippen LogP contribution in [0.1, 0.15) is 36.0 Å². The number of pyridine rings is 1. The lowest BCUT2D eigenvalue weighted by Gasteiger charge is -2.26. The van der Waals surface area contributed by atoms with Crippen molar-refractivity contribution in [1.82, 2.24) is 9.88 Å². The van der Waals surface area contributed by atoms with Gasteiger partial charge in [-0.25, -0.2) is 0 Å². The molecule has 0 atom stereocenters. The first-order valence-corrected chi connectivity index (χ1v) is 5.98. The van der Waals surface area contributed by atoms with Crippen molar-refractivity contribution in [2.24, 2.45) is 0 Å². The lowest BCUT2D eigenvalue weighted by Crippen LogP contribution is -2.36. The molecule has 0 spiro atoms. The second kappa shape index (κ2) is 5.57. The molecule has 0 bridgehead atoms. The summed E-state index contributed by atoms with van der Waals surface area (Å²) in [6.07, 6.45) is 6.40. The molecule has 4 nitrogen and oxygen atoms in total. The first kappa shape index (κ1) is 11.8. The lowest BCUT2D eigenvalue weighted by atomic mass is 10.1. The van der Waals surface area contributed by atoms with Crippen LogP contribution in [-0.4, -0.2) is 34.7 Å². The zero-order valence-electron chi connectivity index (χ0n) is 9.76. The van der Waals surface area contributed by atoms with E-state index in [1.54, 1.807) is 29.4 Å². The summed E-state index contributed by atoms with van der Waals surface area (Å²) in [6.45, 7) is 1.59. The number of carbonyl (C=O) groups excluding carboxylic acids is 2. The lowest BCUT2D eigenvalue weighted by molar-refractivity contribution is -0.131. The maximum Gasteiger partial charge on any atom is 0.230 e. The normalized spacial score (nSPS) is 15.6. The molecule has 4 heteroatoms. The molecule has 2 heterocycles. The standard InChI is InChI=1S/C13H16N2O2/c16-12(11-4-6-14-7-5-11)10-13(17)15-8-2-1-3-9-15/h4-7H,1-3,8-10H2. The molecule has 0 radical (unpaired) electrons. The van der Waals surface area contributed by atoms with E-state index in [0.717, 1.165) is 25.9 Å². The van der Waals surface area contributed by atoms with Crippen molar-refractivity contribution in [3.8, 4) is 0 Å². The van der Waals surface area contributed by atoms with Gasteiger partial charge in [-0.3, -0.25) is 14.6 Å². The number of nitrogens with zero attached hydrogens (tertiary/aromatic N) is 2. The molecule has 1 fully saturated rings. The Bertz CT molecular complexity index is 397. The summed E-state index contributed by atoms with van der Waals surface area (Å²) in [5.41, 5.74) is 0.561. The van der Waals surface area contributed by atoms with Gasteiger partial charge < -0.3 is 4.90 Å². The van der Waals surface area contributed by atoms with E-state index in [0.29, 0.717) is 5.56 Å². The average molecular weight is 232 g/mol. The van der Waals surface area contributed by atoms with Crippen LogP contribution in [0.2, 0.25) is 0 Å². The van der Waals surface area contributed by atoms with Crippen molar-refractivity contribution < 1.29 is 9.59 Å². The number of Topliss-reactive ketones (excluding diaryl/α,β-unsaturated/α-hetero) is 1. The van der Waals surface area contributed by atoms with Crippen molar-refractivity contribution in [2.45, 2.75) is 25.7 Å². The summed E-state index contributed by atoms with van der Waals surface area (Å²) in [4.78, 5) is 29.3. The van der Waals surface area contributed by atoms with Crippen LogP contribution in [0.25, 0.3) is 0 Å². The van der Waals surface area contributed by atoms with Crippen molar-refractivity contribution >= 4 is 11.7 Å². The number of carbonyl (C=O) groups is 2. The quantitative estimate of drug-likeness (QED) is 0.588. The number of ketones is 1. The van der Waals surface area contributed by atoms with Crippen LogP contribution in [0.5, 0.6) is 0 Å². The van der Waals surface area contributed by atoms with Gasteiger partial charge in [0.1, 0.15) is 0 Å². The molecule has 90 valence electrons. The van der Waals surface area contributed by atoms with E-state index in [-0.39, 0.29) is 18.1 Å². The second-order valence-corrected chi connectivity index (χ2v) is 4.28. The maximum atomic E-state index is 11.9. The Hall–Kier alpha value is -1.71. The summed E-state index contributed by atoms with van der Waals surface area (Å²) in [7, 11) is 0. The maximum absolute atomic E-state index is 11.9. The highest BCUT2D eigenvalue weighted by Crippen LogP contribution is 2.11. The molecule has 0 unspecified atom stereocenters. The number of aromatic nitrogens is 1. The Morgan fingerprint density at radius 3 is 2.41 bits per heavy atom. The van der Waals surface area contributed by atoms with Gasteiger partial charge in [0.05, 0.1) is 6.42 Å². The molecule has 0 saturated carbocycles. The van der Waals surface area contributed by atoms with Crippen molar-refractivity contribution in [2.75, 3.05) is 13.1 Å². The molecule has 0 aromatic carbocycles. The SMILES string of the molecule is O=C(CC(=O)N1CCCCC1)c1ccncc1. The summed E-state index contributed by atoms with van der Waals surface area (Å²) < 4.78 is 0. The third kappa shape index (κ3) is 3.12. The molecule has 1 aliphatic heterocycles. The molecule has 1 amide bonds. The van der Waals surface area contributed by atoms with Crippen molar-refractivity contribution in [1.29, 1.82) is 0 Å². The Labute approximate surface area is 101 Å². The van der Waals surface area contributed by atoms with E-state index in [1.165, 1.54) is 6.42 Å². The zero-order chi connectivity index (χ0) is 12.1. The van der Waals surface area contributed by atoms with Gasteiger partial charge >= 0.3 is 0 Å². The van der Waals surface area contributed by atoms with Gasteiger partial charge in [-0.1, -0.05) is 0 Å². The second-order valence-electron chi connectivity index (χ2n) is 4.28. The fraction of sp³-hybridized carbons (Fsp3) is 0.462. The first-order valence-electron chi connectivity index (χ1n) is 5.98. The smallest absolute Gasteiger partial charge is 0.230 e. The molecule has 2 rings (SSSR count). The van der Waals surface area contributed by atoms with Gasteiger partial charge in [0.15, 0.2) is 5.78 Å². The number of hydrogen-bond acceptors (Lipinski definition) is 3. The minimum Gasteiger partial charge on any atom is -0.342 e. The number of piperidine rings is 1. The van der Waals surface area contributed by atoms with Crippen molar-refractivity contribution in [3.05, 3.63) is 30.1 Å². The van der Waals surface area contributed by atoms with E-state index in [4.69, 9.17) is 0 Å². The Morgan fingerprint density at radius 2 is 1.76 bits per heavy atom. The number of likely N-dealkylation sites (tertiary alicyclic amines) is 1. The zero-order valence-corrected chi connectivity index (χ0v) is 9.76. The highest BCUT2D eigenvalue weighted by molar-refractivity contribution is 6.07. The number of rotatable bonds is 3. The largest absolute Gasteiger partial charge is 0.342 e. The van der Waals surface area contributed by atoms with Crippen LogP contribution in [0.15, 0.2) is 24.5 Å². The van der Waals surface area contributed by atoms with E-state index in [2.05, 4.69) is 4.98 Å². The summed E-state index contributed by atoms with van der Waals surface area (Å²) in [5, 5.41) is 0. The number of hydrogen-bond donors (Lipinski definition) is 0. The van der Waals surface area contributed by atoms with Gasteiger partial charge in [-0.2, -0.15) is 0 Å². The molecular formula is C13H16N2O2. The predicted molar refractivity (Wildman–Crippen MR) is 63.6 cm³/mol. The van der Waals surface area contributed by atoms with E-state index >= 15 is 0 Å². The van der Waals surface area contributed by atoms with Crippen LogP contribution in [0, 0.1) is 0 Å². The molecular weight excluding hydrogens is 216 g/mol. The van der Waals surface area contributed by atoms with Gasteiger partial charge in [0.25, 0.3) is 0 Å². The fourth-order valence-electron chi connectivity index (χ4n) is 2.03. The predicted octanol–water partition coefficient (Wildman–Crippen LogP) is 1.67. The molecule has 1 aliphatic rings. The van der Waals surface area contributed by atoms with Crippen LogP contribution in [0.3, 0.4) is 0 Å². The minimum absolute atomic E-state index is 0.0238. The molecule has 17 heavy (non-hydrogen) atoms.